The van der Waals surface area contributed by atoms with Crippen LogP contribution in [0.2, 0.25) is 5.02 Å². The first kappa shape index (κ1) is 12.3. The average Bonchev–Trinajstić information content (AvgIpc) is 3.14. The van der Waals surface area contributed by atoms with E-state index in [1.54, 1.807) is 12.5 Å². The molecule has 100 valence electrons. The first-order chi connectivity index (χ1) is 9.28. The highest BCUT2D eigenvalue weighted by Crippen LogP contribution is 2.35. The Bertz CT molecular complexity index is 555. The lowest BCUT2D eigenvalue weighted by Gasteiger charge is -2.23. The van der Waals surface area contributed by atoms with Gasteiger partial charge in [0.05, 0.1) is 19.0 Å². The molecule has 3 rings (SSSR count). The van der Waals surface area contributed by atoms with E-state index >= 15 is 0 Å². The maximum Gasteiger partial charge on any atom is 0.239 e. The number of hydrogen-bond acceptors (Lipinski definition) is 6. The molecule has 6 nitrogen and oxygen atoms in total. The average molecular weight is 280 g/mol. The number of anilines is 2. The van der Waals surface area contributed by atoms with Crippen molar-refractivity contribution in [2.75, 3.05) is 10.3 Å². The lowest BCUT2D eigenvalue weighted by Crippen LogP contribution is -2.27. The van der Waals surface area contributed by atoms with Gasteiger partial charge in [-0.2, -0.15) is 4.98 Å². The van der Waals surface area contributed by atoms with Crippen LogP contribution in [0.3, 0.4) is 0 Å². The largest absolute Gasteiger partial charge is 0.467 e. The third-order valence-electron chi connectivity index (χ3n) is 3.02. The molecule has 3 N–H and O–H groups in total. The number of rotatable bonds is 5. The summed E-state index contributed by atoms with van der Waals surface area (Å²) >= 11 is 6.19. The molecule has 0 atom stereocenters. The van der Waals surface area contributed by atoms with E-state index in [1.165, 1.54) is 0 Å². The van der Waals surface area contributed by atoms with Gasteiger partial charge in [0, 0.05) is 6.04 Å². The van der Waals surface area contributed by atoms with Crippen molar-refractivity contribution < 1.29 is 4.42 Å². The Morgan fingerprint density at radius 2 is 2.37 bits per heavy atom. The molecule has 1 aliphatic rings. The zero-order valence-corrected chi connectivity index (χ0v) is 11.0. The molecule has 0 bridgehead atoms. The van der Waals surface area contributed by atoms with E-state index < -0.39 is 0 Å². The second-order valence-corrected chi connectivity index (χ2v) is 4.86. The minimum atomic E-state index is 0.351. The Labute approximate surface area is 115 Å². The molecule has 0 aliphatic heterocycles. The highest BCUT2D eigenvalue weighted by Gasteiger charge is 2.32. The molecule has 2 heterocycles. The van der Waals surface area contributed by atoms with Crippen LogP contribution in [-0.4, -0.2) is 16.0 Å². The number of nitrogens with two attached hydrogens (primary N) is 1. The van der Waals surface area contributed by atoms with E-state index in [1.807, 2.05) is 12.1 Å². The fourth-order valence-electron chi connectivity index (χ4n) is 1.96. The summed E-state index contributed by atoms with van der Waals surface area (Å²) < 4.78 is 5.39. The number of nitrogens with one attached hydrogen (secondary N) is 1. The first-order valence-electron chi connectivity index (χ1n) is 6.06. The van der Waals surface area contributed by atoms with Gasteiger partial charge in [-0.1, -0.05) is 11.6 Å². The molecule has 1 aliphatic carbocycles. The highest BCUT2D eigenvalue weighted by atomic mass is 35.5. The summed E-state index contributed by atoms with van der Waals surface area (Å²) in [6.45, 7) is 0.637. The van der Waals surface area contributed by atoms with Crippen molar-refractivity contribution in [2.45, 2.75) is 25.4 Å². The number of aromatic nitrogens is 2. The summed E-state index contributed by atoms with van der Waals surface area (Å²) in [6, 6.07) is 4.25. The minimum Gasteiger partial charge on any atom is -0.467 e. The van der Waals surface area contributed by atoms with Crippen LogP contribution in [0, 0.1) is 0 Å². The van der Waals surface area contributed by atoms with Crippen molar-refractivity contribution in [3.8, 4) is 0 Å². The predicted octanol–water partition coefficient (Wildman–Crippen LogP) is 2.18. The third kappa shape index (κ3) is 2.64. The molecule has 0 amide bonds. The van der Waals surface area contributed by atoms with Crippen molar-refractivity contribution in [1.82, 2.24) is 9.97 Å². The maximum atomic E-state index is 6.19. The molecule has 2 aromatic rings. The molecule has 1 fully saturated rings. The number of hydrogen-bond donors (Lipinski definition) is 2. The summed E-state index contributed by atoms with van der Waals surface area (Å²) in [6.07, 6.45) is 5.48. The molecule has 0 unspecified atom stereocenters. The van der Waals surface area contributed by atoms with Gasteiger partial charge < -0.3 is 9.32 Å². The van der Waals surface area contributed by atoms with Crippen molar-refractivity contribution in [3.05, 3.63) is 35.4 Å². The molecule has 0 radical (unpaired) electrons. The van der Waals surface area contributed by atoms with E-state index in [0.29, 0.717) is 29.4 Å². The summed E-state index contributed by atoms with van der Waals surface area (Å²) in [7, 11) is 0. The topological polar surface area (TPSA) is 80.2 Å². The summed E-state index contributed by atoms with van der Waals surface area (Å²) in [5, 5.41) is 0.512. The van der Waals surface area contributed by atoms with Gasteiger partial charge in [0.15, 0.2) is 5.82 Å². The Hall–Kier alpha value is -1.79. The Morgan fingerprint density at radius 1 is 1.53 bits per heavy atom. The standard InChI is InChI=1S/C12H14ClN5O/c13-10-6-15-12(17-14)16-11(10)18(8-3-4-8)7-9-2-1-5-19-9/h1-2,5-6,8H,3-4,7,14H2,(H,15,16,17). The van der Waals surface area contributed by atoms with Crippen LogP contribution in [-0.2, 0) is 6.54 Å². The van der Waals surface area contributed by atoms with Crippen LogP contribution < -0.4 is 16.2 Å². The molecule has 19 heavy (non-hydrogen) atoms. The fraction of sp³-hybridized carbons (Fsp3) is 0.333. The maximum absolute atomic E-state index is 6.19. The molecule has 2 aromatic heterocycles. The van der Waals surface area contributed by atoms with E-state index in [0.717, 1.165) is 18.6 Å². The number of halogens is 1. The minimum absolute atomic E-state index is 0.351. The van der Waals surface area contributed by atoms with Crippen molar-refractivity contribution in [1.29, 1.82) is 0 Å². The Morgan fingerprint density at radius 3 is 3.00 bits per heavy atom. The SMILES string of the molecule is NNc1ncc(Cl)c(N(Cc2ccco2)C2CC2)n1. The number of nitrogens with zero attached hydrogens (tertiary/aromatic N) is 3. The molecule has 0 saturated heterocycles. The number of nitrogen functional groups attached to an aromatic ring is 1. The zero-order valence-electron chi connectivity index (χ0n) is 10.2. The Kier molecular flexibility index (Phi) is 3.27. The monoisotopic (exact) mass is 279 g/mol. The van der Waals surface area contributed by atoms with Crippen LogP contribution in [0.1, 0.15) is 18.6 Å². The second-order valence-electron chi connectivity index (χ2n) is 4.45. The summed E-state index contributed by atoms with van der Waals surface area (Å²) in [5.41, 5.74) is 2.44. The first-order valence-corrected chi connectivity index (χ1v) is 6.44. The third-order valence-corrected chi connectivity index (χ3v) is 3.29. The van der Waals surface area contributed by atoms with Crippen LogP contribution in [0.4, 0.5) is 11.8 Å². The molecular weight excluding hydrogens is 266 g/mol. The van der Waals surface area contributed by atoms with Crippen LogP contribution in [0.5, 0.6) is 0 Å². The zero-order chi connectivity index (χ0) is 13.2. The van der Waals surface area contributed by atoms with Gasteiger partial charge in [0.1, 0.15) is 10.8 Å². The molecule has 7 heteroatoms. The smallest absolute Gasteiger partial charge is 0.239 e. The van der Waals surface area contributed by atoms with Gasteiger partial charge in [-0.3, -0.25) is 5.43 Å². The molecule has 0 aromatic carbocycles. The van der Waals surface area contributed by atoms with E-state index in [2.05, 4.69) is 20.3 Å². The van der Waals surface area contributed by atoms with Crippen LogP contribution in [0.25, 0.3) is 0 Å². The number of furan rings is 1. The summed E-state index contributed by atoms with van der Waals surface area (Å²) in [5.74, 6) is 7.26. The van der Waals surface area contributed by atoms with E-state index in [-0.39, 0.29) is 0 Å². The summed E-state index contributed by atoms with van der Waals surface area (Å²) in [4.78, 5) is 10.5. The van der Waals surface area contributed by atoms with E-state index in [4.69, 9.17) is 21.9 Å². The normalized spacial score (nSPS) is 14.4. The van der Waals surface area contributed by atoms with Gasteiger partial charge in [-0.05, 0) is 25.0 Å². The van der Waals surface area contributed by atoms with E-state index in [9.17, 15) is 0 Å². The van der Waals surface area contributed by atoms with Crippen LogP contribution in [0.15, 0.2) is 29.0 Å². The second kappa shape index (κ2) is 5.07. The molecular formula is C12H14ClN5O. The lowest BCUT2D eigenvalue weighted by atomic mass is 10.3. The van der Waals surface area contributed by atoms with Gasteiger partial charge in [0.25, 0.3) is 0 Å². The van der Waals surface area contributed by atoms with Crippen molar-refractivity contribution in [2.24, 2.45) is 5.84 Å². The Balaban J connectivity index is 1.91. The van der Waals surface area contributed by atoms with Gasteiger partial charge >= 0.3 is 0 Å². The molecule has 1 saturated carbocycles. The van der Waals surface area contributed by atoms with Gasteiger partial charge in [-0.25, -0.2) is 10.8 Å². The predicted molar refractivity (Wildman–Crippen MR) is 72.8 cm³/mol. The van der Waals surface area contributed by atoms with Crippen molar-refractivity contribution >= 4 is 23.4 Å². The van der Waals surface area contributed by atoms with Gasteiger partial charge in [0.2, 0.25) is 5.95 Å². The van der Waals surface area contributed by atoms with Crippen molar-refractivity contribution in [3.63, 3.8) is 0 Å². The quantitative estimate of drug-likeness (QED) is 0.645. The van der Waals surface area contributed by atoms with Crippen LogP contribution >= 0.6 is 11.6 Å². The fourth-order valence-corrected chi connectivity index (χ4v) is 2.16. The van der Waals surface area contributed by atoms with Gasteiger partial charge in [-0.15, -0.1) is 0 Å². The number of hydrazine groups is 1. The highest BCUT2D eigenvalue weighted by molar-refractivity contribution is 6.32. The lowest BCUT2D eigenvalue weighted by molar-refractivity contribution is 0.500. The molecule has 0 spiro atoms.